The first kappa shape index (κ1) is 13.4. The molecule has 0 spiro atoms. The first-order valence-electron chi connectivity index (χ1n) is 7.79. The van der Waals surface area contributed by atoms with E-state index in [-0.39, 0.29) is 11.7 Å². The molecule has 3 rings (SSSR count). The third kappa shape index (κ3) is 2.65. The molecule has 1 aromatic heterocycles. The van der Waals surface area contributed by atoms with Crippen molar-refractivity contribution in [3.05, 3.63) is 35.6 Å². The van der Waals surface area contributed by atoms with Crippen LogP contribution in [0.1, 0.15) is 61.1 Å². The van der Waals surface area contributed by atoms with E-state index in [4.69, 9.17) is 4.42 Å². The molecule has 0 amide bonds. The number of rotatable bonds is 2. The number of hydrogen-bond donors (Lipinski definition) is 0. The van der Waals surface area contributed by atoms with Gasteiger partial charge in [-0.3, -0.25) is 4.79 Å². The number of carbonyl (C=O) groups is 1. The lowest BCUT2D eigenvalue weighted by Gasteiger charge is -2.17. The summed E-state index contributed by atoms with van der Waals surface area (Å²) in [7, 11) is 0. The van der Waals surface area contributed by atoms with E-state index in [9.17, 15) is 4.79 Å². The topological polar surface area (TPSA) is 30.2 Å². The summed E-state index contributed by atoms with van der Waals surface area (Å²) in [6.07, 6.45) is 8.26. The Morgan fingerprint density at radius 2 is 1.80 bits per heavy atom. The third-order valence-corrected chi connectivity index (χ3v) is 4.46. The fourth-order valence-corrected chi connectivity index (χ4v) is 3.25. The monoisotopic (exact) mass is 270 g/mol. The van der Waals surface area contributed by atoms with Crippen molar-refractivity contribution in [2.24, 2.45) is 5.92 Å². The van der Waals surface area contributed by atoms with Gasteiger partial charge in [-0.2, -0.15) is 0 Å². The number of Topliss-reactive ketones (excluding diaryl/α,β-unsaturated/α-hetero) is 1. The predicted octanol–water partition coefficient (Wildman–Crippen LogP) is 5.28. The minimum Gasteiger partial charge on any atom is -0.453 e. The van der Waals surface area contributed by atoms with Gasteiger partial charge >= 0.3 is 0 Å². The average Bonchev–Trinajstić information content (AvgIpc) is 2.83. The van der Waals surface area contributed by atoms with Crippen LogP contribution in [-0.4, -0.2) is 5.78 Å². The van der Waals surface area contributed by atoms with Gasteiger partial charge in [0.25, 0.3) is 0 Å². The second-order valence-electron chi connectivity index (χ2n) is 6.01. The molecule has 1 fully saturated rings. The average molecular weight is 270 g/mol. The van der Waals surface area contributed by atoms with Gasteiger partial charge in [-0.25, -0.2) is 0 Å². The Hall–Kier alpha value is -1.57. The molecule has 20 heavy (non-hydrogen) atoms. The van der Waals surface area contributed by atoms with Crippen LogP contribution < -0.4 is 0 Å². The van der Waals surface area contributed by atoms with Crippen molar-refractivity contribution in [1.82, 2.24) is 0 Å². The van der Waals surface area contributed by atoms with Crippen molar-refractivity contribution >= 4 is 16.8 Å². The van der Waals surface area contributed by atoms with Crippen LogP contribution in [-0.2, 0) is 0 Å². The fraction of sp³-hybridized carbons (Fsp3) is 0.500. The molecule has 2 aromatic rings. The normalized spacial score (nSPS) is 17.9. The van der Waals surface area contributed by atoms with Crippen molar-refractivity contribution in [2.75, 3.05) is 0 Å². The molecule has 0 N–H and O–H groups in total. The number of para-hydroxylation sites is 1. The second kappa shape index (κ2) is 5.82. The first-order chi connectivity index (χ1) is 9.75. The van der Waals surface area contributed by atoms with Crippen LogP contribution in [0, 0.1) is 12.8 Å². The smallest absolute Gasteiger partial charge is 0.201 e. The fourth-order valence-electron chi connectivity index (χ4n) is 3.25. The Kier molecular flexibility index (Phi) is 3.90. The summed E-state index contributed by atoms with van der Waals surface area (Å²) in [6, 6.07) is 7.97. The highest BCUT2D eigenvalue weighted by Crippen LogP contribution is 2.29. The first-order valence-corrected chi connectivity index (χ1v) is 7.79. The van der Waals surface area contributed by atoms with Crippen LogP contribution in [0.5, 0.6) is 0 Å². The predicted molar refractivity (Wildman–Crippen MR) is 81.1 cm³/mol. The van der Waals surface area contributed by atoms with E-state index >= 15 is 0 Å². The number of benzene rings is 1. The van der Waals surface area contributed by atoms with Gasteiger partial charge < -0.3 is 4.42 Å². The maximum Gasteiger partial charge on any atom is 0.201 e. The quantitative estimate of drug-likeness (QED) is 0.694. The lowest BCUT2D eigenvalue weighted by molar-refractivity contribution is 0.0872. The van der Waals surface area contributed by atoms with Gasteiger partial charge in [0.05, 0.1) is 0 Å². The van der Waals surface area contributed by atoms with E-state index in [2.05, 4.69) is 0 Å². The van der Waals surface area contributed by atoms with Gasteiger partial charge in [0.15, 0.2) is 5.76 Å². The van der Waals surface area contributed by atoms with Gasteiger partial charge in [-0.15, -0.1) is 0 Å². The van der Waals surface area contributed by atoms with Crippen molar-refractivity contribution < 1.29 is 9.21 Å². The van der Waals surface area contributed by atoms with Crippen molar-refractivity contribution in [1.29, 1.82) is 0 Å². The molecule has 2 nitrogen and oxygen atoms in total. The summed E-state index contributed by atoms with van der Waals surface area (Å²) in [5.74, 6) is 0.929. The summed E-state index contributed by atoms with van der Waals surface area (Å²) >= 11 is 0. The van der Waals surface area contributed by atoms with Crippen molar-refractivity contribution in [3.8, 4) is 0 Å². The Labute approximate surface area is 120 Å². The van der Waals surface area contributed by atoms with E-state index in [1.165, 1.54) is 32.1 Å². The minimum atomic E-state index is 0.163. The Morgan fingerprint density at radius 1 is 1.10 bits per heavy atom. The summed E-state index contributed by atoms with van der Waals surface area (Å²) in [5.41, 5.74) is 1.96. The molecule has 0 aliphatic heterocycles. The van der Waals surface area contributed by atoms with E-state index in [1.807, 2.05) is 31.2 Å². The summed E-state index contributed by atoms with van der Waals surface area (Å²) in [4.78, 5) is 12.7. The summed E-state index contributed by atoms with van der Waals surface area (Å²) in [6.45, 7) is 2.02. The minimum absolute atomic E-state index is 0.163. The van der Waals surface area contributed by atoms with E-state index in [0.717, 1.165) is 29.4 Å². The molecule has 0 radical (unpaired) electrons. The second-order valence-corrected chi connectivity index (χ2v) is 6.01. The van der Waals surface area contributed by atoms with E-state index in [1.54, 1.807) is 0 Å². The number of hydrogen-bond acceptors (Lipinski definition) is 2. The lowest BCUT2D eigenvalue weighted by Crippen LogP contribution is -2.15. The van der Waals surface area contributed by atoms with E-state index in [0.29, 0.717) is 5.76 Å². The Balaban J connectivity index is 1.85. The molecule has 0 saturated heterocycles. The highest BCUT2D eigenvalue weighted by Gasteiger charge is 2.23. The number of ketones is 1. The Morgan fingerprint density at radius 3 is 2.50 bits per heavy atom. The molecule has 1 saturated carbocycles. The maximum atomic E-state index is 12.7. The van der Waals surface area contributed by atoms with Crippen molar-refractivity contribution in [3.63, 3.8) is 0 Å². The highest BCUT2D eigenvalue weighted by atomic mass is 16.3. The molecule has 1 heterocycles. The molecule has 1 aromatic carbocycles. The number of fused-ring (bicyclic) bond motifs is 1. The summed E-state index contributed by atoms with van der Waals surface area (Å²) in [5, 5.41) is 1.04. The van der Waals surface area contributed by atoms with Gasteiger partial charge in [0.1, 0.15) is 5.58 Å². The van der Waals surface area contributed by atoms with Crippen LogP contribution in [0.25, 0.3) is 11.0 Å². The van der Waals surface area contributed by atoms with Crippen LogP contribution in [0.15, 0.2) is 28.7 Å². The zero-order valence-corrected chi connectivity index (χ0v) is 12.2. The molecule has 2 heteroatoms. The molecule has 0 bridgehead atoms. The van der Waals surface area contributed by atoms with Crippen LogP contribution in [0.3, 0.4) is 0 Å². The van der Waals surface area contributed by atoms with Gasteiger partial charge in [-0.05, 0) is 31.4 Å². The molecular weight excluding hydrogens is 248 g/mol. The molecule has 0 atom stereocenters. The van der Waals surface area contributed by atoms with Crippen LogP contribution in [0.4, 0.5) is 0 Å². The zero-order valence-electron chi connectivity index (χ0n) is 12.2. The molecule has 0 unspecified atom stereocenters. The molecular formula is C18H22O2. The molecule has 106 valence electrons. The molecule has 1 aliphatic carbocycles. The standard InChI is InChI=1S/C18H22O2/c1-13-8-7-11-15-12-16(20-18(13)15)17(19)14-9-5-3-2-4-6-10-14/h7-8,11-12,14H,2-6,9-10H2,1H3. The van der Waals surface area contributed by atoms with Gasteiger partial charge in [0.2, 0.25) is 5.78 Å². The number of furan rings is 1. The van der Waals surface area contributed by atoms with Crippen LogP contribution in [0.2, 0.25) is 0 Å². The largest absolute Gasteiger partial charge is 0.453 e. The van der Waals surface area contributed by atoms with Crippen molar-refractivity contribution in [2.45, 2.75) is 51.9 Å². The number of carbonyl (C=O) groups excluding carboxylic acids is 1. The highest BCUT2D eigenvalue weighted by molar-refractivity contribution is 5.99. The zero-order chi connectivity index (χ0) is 13.9. The summed E-state index contributed by atoms with van der Waals surface area (Å²) < 4.78 is 5.84. The SMILES string of the molecule is Cc1cccc2cc(C(=O)C3CCCCCCC3)oc12. The maximum absolute atomic E-state index is 12.7. The van der Waals surface area contributed by atoms with Crippen LogP contribution >= 0.6 is 0 Å². The lowest BCUT2D eigenvalue weighted by atomic mass is 9.87. The molecule has 1 aliphatic rings. The van der Waals surface area contributed by atoms with Gasteiger partial charge in [0, 0.05) is 11.3 Å². The Bertz CT molecular complexity index is 601. The van der Waals surface area contributed by atoms with E-state index < -0.39 is 0 Å². The number of aryl methyl sites for hydroxylation is 1. The van der Waals surface area contributed by atoms with Gasteiger partial charge in [-0.1, -0.05) is 50.3 Å². The third-order valence-electron chi connectivity index (χ3n) is 4.46.